The summed E-state index contributed by atoms with van der Waals surface area (Å²) >= 11 is 0. The lowest BCUT2D eigenvalue weighted by atomic mass is 10.0. The number of unbranched alkanes of at least 4 members (excludes halogenated alkanes) is 2. The zero-order valence-electron chi connectivity index (χ0n) is 16.3. The third-order valence-corrected chi connectivity index (χ3v) is 5.29. The van der Waals surface area contributed by atoms with Crippen molar-refractivity contribution in [2.75, 3.05) is 36.5 Å². The Morgan fingerprint density at radius 3 is 2.60 bits per heavy atom. The van der Waals surface area contributed by atoms with E-state index in [0.29, 0.717) is 5.92 Å². The van der Waals surface area contributed by atoms with E-state index in [4.69, 9.17) is 10.1 Å². The molecule has 3 heterocycles. The van der Waals surface area contributed by atoms with Crippen LogP contribution in [-0.2, 0) is 0 Å². The minimum Gasteiger partial charge on any atom is -0.359 e. The average Bonchev–Trinajstić information content (AvgIpc) is 2.97. The van der Waals surface area contributed by atoms with Gasteiger partial charge in [0.25, 0.3) is 0 Å². The second-order valence-corrected chi connectivity index (χ2v) is 7.47. The topological polar surface area (TPSA) is 36.7 Å². The van der Waals surface area contributed by atoms with Crippen LogP contribution in [0.3, 0.4) is 0 Å². The van der Waals surface area contributed by atoms with E-state index in [2.05, 4.69) is 49.8 Å². The zero-order chi connectivity index (χ0) is 17.8. The smallest absolute Gasteiger partial charge is 0.160 e. The van der Waals surface area contributed by atoms with Crippen LogP contribution in [0.2, 0.25) is 0 Å². The highest BCUT2D eigenvalue weighted by atomic mass is 15.4. The Balaban J connectivity index is 1.93. The number of fused-ring (bicyclic) bond motifs is 1. The maximum Gasteiger partial charge on any atom is 0.160 e. The van der Waals surface area contributed by atoms with Crippen molar-refractivity contribution < 1.29 is 0 Å². The van der Waals surface area contributed by atoms with Crippen LogP contribution < -0.4 is 9.80 Å². The summed E-state index contributed by atoms with van der Waals surface area (Å²) in [4.78, 5) is 9.56. The summed E-state index contributed by atoms with van der Waals surface area (Å²) in [5.74, 6) is 2.74. The highest BCUT2D eigenvalue weighted by Crippen LogP contribution is 2.28. The van der Waals surface area contributed by atoms with Crippen molar-refractivity contribution in [3.05, 3.63) is 17.8 Å². The van der Waals surface area contributed by atoms with Gasteiger partial charge in [0.05, 0.1) is 5.69 Å². The Hall–Kier alpha value is -1.78. The fourth-order valence-corrected chi connectivity index (χ4v) is 3.48. The van der Waals surface area contributed by atoms with Crippen LogP contribution in [0.5, 0.6) is 0 Å². The first-order chi connectivity index (χ1) is 12.1. The Bertz CT molecular complexity index is 689. The van der Waals surface area contributed by atoms with Crippen molar-refractivity contribution in [2.24, 2.45) is 0 Å². The molecule has 0 radical (unpaired) electrons. The van der Waals surface area contributed by atoms with Gasteiger partial charge in [-0.05, 0) is 19.3 Å². The maximum atomic E-state index is 4.93. The molecule has 0 aliphatic carbocycles. The fraction of sp³-hybridized carbons (Fsp3) is 0.700. The van der Waals surface area contributed by atoms with Crippen LogP contribution in [0.4, 0.5) is 11.6 Å². The Morgan fingerprint density at radius 1 is 1.16 bits per heavy atom. The van der Waals surface area contributed by atoms with E-state index in [1.165, 1.54) is 37.8 Å². The summed E-state index contributed by atoms with van der Waals surface area (Å²) in [6.45, 7) is 10.0. The molecule has 2 aromatic heterocycles. The number of nitrogens with zero attached hydrogens (tertiary/aromatic N) is 5. The molecule has 0 saturated carbocycles. The van der Waals surface area contributed by atoms with Crippen LogP contribution in [0, 0.1) is 0 Å². The molecular weight excluding hydrogens is 310 g/mol. The molecule has 0 N–H and O–H groups in total. The molecule has 1 aliphatic heterocycles. The third-order valence-electron chi connectivity index (χ3n) is 5.29. The predicted molar refractivity (Wildman–Crippen MR) is 106 cm³/mol. The molecule has 1 aliphatic rings. The molecule has 5 nitrogen and oxygen atoms in total. The van der Waals surface area contributed by atoms with E-state index in [-0.39, 0.29) is 0 Å². The Morgan fingerprint density at radius 2 is 1.96 bits per heavy atom. The lowest BCUT2D eigenvalue weighted by molar-refractivity contribution is 0.584. The summed E-state index contributed by atoms with van der Waals surface area (Å²) in [5, 5.41) is 4.93. The zero-order valence-corrected chi connectivity index (χ0v) is 16.3. The third kappa shape index (κ3) is 3.91. The molecule has 5 heteroatoms. The van der Waals surface area contributed by atoms with E-state index in [9.17, 15) is 0 Å². The van der Waals surface area contributed by atoms with Gasteiger partial charge in [0, 0.05) is 44.7 Å². The van der Waals surface area contributed by atoms with Crippen LogP contribution in [-0.4, -0.2) is 41.3 Å². The molecule has 3 rings (SSSR count). The highest BCUT2D eigenvalue weighted by molar-refractivity contribution is 5.60. The SMILES string of the molecule is CCCCCC(C)c1cc2nc(N3CCC3)cc(N(C)CCC)n2n1. The normalized spacial score (nSPS) is 15.4. The molecule has 0 aromatic carbocycles. The van der Waals surface area contributed by atoms with Gasteiger partial charge in [-0.1, -0.05) is 40.0 Å². The van der Waals surface area contributed by atoms with Gasteiger partial charge in [0.2, 0.25) is 0 Å². The molecule has 1 atom stereocenters. The van der Waals surface area contributed by atoms with E-state index in [1.54, 1.807) is 0 Å². The number of hydrogen-bond donors (Lipinski definition) is 0. The quantitative estimate of drug-likeness (QED) is 0.630. The summed E-state index contributed by atoms with van der Waals surface area (Å²) in [7, 11) is 2.16. The van der Waals surface area contributed by atoms with Gasteiger partial charge in [-0.3, -0.25) is 0 Å². The number of rotatable bonds is 9. The molecule has 1 saturated heterocycles. The van der Waals surface area contributed by atoms with Gasteiger partial charge < -0.3 is 9.80 Å². The van der Waals surface area contributed by atoms with Gasteiger partial charge in [0.1, 0.15) is 11.6 Å². The molecule has 0 amide bonds. The molecule has 0 bridgehead atoms. The van der Waals surface area contributed by atoms with Gasteiger partial charge in [-0.25, -0.2) is 4.98 Å². The summed E-state index contributed by atoms with van der Waals surface area (Å²) in [6, 6.07) is 4.41. The lowest BCUT2D eigenvalue weighted by Gasteiger charge is -2.33. The first-order valence-electron chi connectivity index (χ1n) is 10.0. The van der Waals surface area contributed by atoms with Gasteiger partial charge >= 0.3 is 0 Å². The standard InChI is InChI=1S/C20H33N5/c1-5-7-8-10-16(3)17-14-19-21-18(24-12-9-13-24)15-20(25(19)22-17)23(4)11-6-2/h14-16H,5-13H2,1-4H3. The van der Waals surface area contributed by atoms with Gasteiger partial charge in [-0.15, -0.1) is 0 Å². The van der Waals surface area contributed by atoms with E-state index in [0.717, 1.165) is 43.3 Å². The minimum absolute atomic E-state index is 0.491. The van der Waals surface area contributed by atoms with Crippen molar-refractivity contribution in [3.8, 4) is 0 Å². The number of hydrogen-bond acceptors (Lipinski definition) is 4. The first kappa shape index (κ1) is 18.0. The molecule has 1 unspecified atom stereocenters. The number of anilines is 2. The minimum atomic E-state index is 0.491. The van der Waals surface area contributed by atoms with Gasteiger partial charge in [0.15, 0.2) is 5.65 Å². The van der Waals surface area contributed by atoms with Crippen molar-refractivity contribution in [1.29, 1.82) is 0 Å². The van der Waals surface area contributed by atoms with Crippen molar-refractivity contribution in [2.45, 2.75) is 65.2 Å². The van der Waals surface area contributed by atoms with E-state index >= 15 is 0 Å². The Labute approximate surface area is 152 Å². The van der Waals surface area contributed by atoms with Crippen LogP contribution in [0.25, 0.3) is 5.65 Å². The fourth-order valence-electron chi connectivity index (χ4n) is 3.48. The van der Waals surface area contributed by atoms with Crippen LogP contribution in [0.1, 0.15) is 70.9 Å². The Kier molecular flexibility index (Phi) is 5.82. The molecule has 138 valence electrons. The van der Waals surface area contributed by atoms with Crippen LogP contribution >= 0.6 is 0 Å². The summed E-state index contributed by atoms with van der Waals surface area (Å²) < 4.78 is 2.05. The molecule has 1 fully saturated rings. The lowest BCUT2D eigenvalue weighted by Crippen LogP contribution is -2.38. The summed E-state index contributed by atoms with van der Waals surface area (Å²) in [6.07, 6.45) is 7.45. The molecule has 2 aromatic rings. The first-order valence-corrected chi connectivity index (χ1v) is 10.0. The number of aromatic nitrogens is 3. The van der Waals surface area contributed by atoms with Gasteiger partial charge in [-0.2, -0.15) is 9.61 Å². The van der Waals surface area contributed by atoms with Crippen molar-refractivity contribution in [3.63, 3.8) is 0 Å². The predicted octanol–water partition coefficient (Wildman–Crippen LogP) is 4.47. The van der Waals surface area contributed by atoms with Crippen molar-refractivity contribution >= 4 is 17.3 Å². The molecule has 0 spiro atoms. The molecular formula is C20H33N5. The van der Waals surface area contributed by atoms with Crippen molar-refractivity contribution in [1.82, 2.24) is 14.6 Å². The van der Waals surface area contributed by atoms with E-state index < -0.39 is 0 Å². The monoisotopic (exact) mass is 343 g/mol. The second kappa shape index (κ2) is 8.07. The maximum absolute atomic E-state index is 4.93. The van der Waals surface area contributed by atoms with Crippen LogP contribution in [0.15, 0.2) is 12.1 Å². The molecule has 25 heavy (non-hydrogen) atoms. The van der Waals surface area contributed by atoms with E-state index in [1.807, 2.05) is 4.52 Å². The summed E-state index contributed by atoms with van der Waals surface area (Å²) in [5.41, 5.74) is 2.16. The largest absolute Gasteiger partial charge is 0.359 e. The second-order valence-electron chi connectivity index (χ2n) is 7.47. The average molecular weight is 344 g/mol. The highest BCUT2D eigenvalue weighted by Gasteiger charge is 2.21.